The van der Waals surface area contributed by atoms with E-state index in [-0.39, 0.29) is 24.8 Å². The molecule has 6 rings (SSSR count). The zero-order valence-electron chi connectivity index (χ0n) is 27.5. The van der Waals surface area contributed by atoms with Crippen molar-refractivity contribution in [2.75, 3.05) is 27.4 Å². The molecule has 2 amide bonds. The van der Waals surface area contributed by atoms with Gasteiger partial charge in [0.05, 0.1) is 27.4 Å². The van der Waals surface area contributed by atoms with E-state index in [2.05, 4.69) is 10.3 Å². The second kappa shape index (κ2) is 12.9. The molecule has 4 aromatic rings. The average Bonchev–Trinajstić information content (AvgIpc) is 3.53. The van der Waals surface area contributed by atoms with E-state index in [9.17, 15) is 19.5 Å². The number of nitrogens with zero attached hydrogens (tertiary/aromatic N) is 2. The molecule has 2 fully saturated rings. The smallest absolute Gasteiger partial charge is 0.330 e. The molecular weight excluding hydrogens is 616 g/mol. The average molecular weight is 657 g/mol. The maximum absolute atomic E-state index is 13.5. The number of aryl methyl sites for hydroxylation is 1. The summed E-state index contributed by atoms with van der Waals surface area (Å²) in [5, 5.41) is 14.9. The van der Waals surface area contributed by atoms with E-state index in [0.717, 1.165) is 16.7 Å². The van der Waals surface area contributed by atoms with Gasteiger partial charge in [0.2, 0.25) is 0 Å². The number of aromatic nitrogens is 2. The van der Waals surface area contributed by atoms with Crippen LogP contribution in [0, 0.1) is 6.92 Å². The highest BCUT2D eigenvalue weighted by molar-refractivity contribution is 5.76. The molecule has 1 aromatic heterocycles. The van der Waals surface area contributed by atoms with Gasteiger partial charge in [0, 0.05) is 17.8 Å². The Bertz CT molecular complexity index is 1830. The number of hydrogen-bond donors (Lipinski definition) is 3. The highest BCUT2D eigenvalue weighted by atomic mass is 16.6. The molecule has 0 radical (unpaired) electrons. The van der Waals surface area contributed by atoms with Gasteiger partial charge in [0.1, 0.15) is 34.8 Å². The predicted octanol–water partition coefficient (Wildman–Crippen LogP) is 3.30. The number of aliphatic hydroxyl groups excluding tert-OH is 1. The van der Waals surface area contributed by atoms with Gasteiger partial charge < -0.3 is 34.3 Å². The Balaban J connectivity index is 1.48. The predicted molar refractivity (Wildman–Crippen MR) is 177 cm³/mol. The summed E-state index contributed by atoms with van der Waals surface area (Å²) in [6, 6.07) is 23.2. The summed E-state index contributed by atoms with van der Waals surface area (Å²) >= 11 is 0. The quantitative estimate of drug-likeness (QED) is 0.221. The van der Waals surface area contributed by atoms with Crippen LogP contribution >= 0.6 is 0 Å². The summed E-state index contributed by atoms with van der Waals surface area (Å²) in [5.41, 5.74) is -1.30. The van der Waals surface area contributed by atoms with Crippen LogP contribution in [0.1, 0.15) is 42.3 Å². The van der Waals surface area contributed by atoms with Crippen LogP contribution in [-0.2, 0) is 15.1 Å². The van der Waals surface area contributed by atoms with Crippen LogP contribution in [0.5, 0.6) is 11.5 Å². The number of aromatic amines is 1. The number of nitrogens with one attached hydrogen (secondary N) is 2. The number of carbonyl (C=O) groups excluding carboxylic acids is 1. The Kier molecular flexibility index (Phi) is 8.90. The topological polar surface area (TPSA) is 144 Å². The van der Waals surface area contributed by atoms with E-state index in [1.54, 1.807) is 21.1 Å². The van der Waals surface area contributed by atoms with E-state index in [1.165, 1.54) is 15.7 Å². The molecule has 252 valence electrons. The summed E-state index contributed by atoms with van der Waals surface area (Å²) in [4.78, 5) is 42.6. The maximum atomic E-state index is 13.5. The number of benzene rings is 3. The van der Waals surface area contributed by atoms with Crippen LogP contribution in [0.4, 0.5) is 4.79 Å². The lowest BCUT2D eigenvalue weighted by Crippen LogP contribution is -2.55. The second-order valence-corrected chi connectivity index (χ2v) is 12.5. The molecular formula is C36H40N4O8. The number of H-pyrrole nitrogens is 1. The first-order valence-electron chi connectivity index (χ1n) is 15.8. The number of carbonyl (C=O) groups is 1. The number of rotatable bonds is 10. The molecule has 3 heterocycles. The Labute approximate surface area is 277 Å². The first kappa shape index (κ1) is 33.0. The van der Waals surface area contributed by atoms with Crippen molar-refractivity contribution in [1.82, 2.24) is 19.8 Å². The molecule has 0 spiro atoms. The number of likely N-dealkylation sites (tertiary alicyclic amines) is 1. The zero-order chi connectivity index (χ0) is 34.2. The standard InChI is InChI=1S/C36H40N4O8/c1-22(2)37-33(43)40-20-35(30(41)29(40)32(48-35)39-19-23(3)31(42)38-34(39)44)21-47-36(24-9-7-6-8-10-24,25-11-15-27(45-4)16-12-25)26-13-17-28(46-5)18-14-26/h6-19,22,29-30,32,41H,20-21H2,1-5H3,(H,37,43)(H,38,42,44)/t29-,30+,32-,35-/m1/s1. The third kappa shape index (κ3) is 5.65. The number of hydrogen-bond acceptors (Lipinski definition) is 8. The van der Waals surface area contributed by atoms with Gasteiger partial charge in [-0.1, -0.05) is 54.6 Å². The van der Waals surface area contributed by atoms with Crippen molar-refractivity contribution >= 4 is 6.03 Å². The van der Waals surface area contributed by atoms with Crippen molar-refractivity contribution in [2.45, 2.75) is 56.4 Å². The van der Waals surface area contributed by atoms with Crippen LogP contribution in [-0.4, -0.2) is 76.7 Å². The normalized spacial score (nSPS) is 21.8. The van der Waals surface area contributed by atoms with E-state index < -0.39 is 46.9 Å². The SMILES string of the molecule is COc1ccc(C(OC[C@@]23CN(C(=O)NC(C)C)[C@@H]([C@H](n4cc(C)c(=O)[nH]c4=O)O2)[C@@H]3O)(c2ccccc2)c2ccc(OC)cc2)cc1. The molecule has 2 saturated heterocycles. The number of urea groups is 1. The number of methoxy groups -OCH3 is 2. The molecule has 2 bridgehead atoms. The molecule has 0 aliphatic carbocycles. The van der Waals surface area contributed by atoms with E-state index >= 15 is 0 Å². The van der Waals surface area contributed by atoms with Crippen molar-refractivity contribution in [1.29, 1.82) is 0 Å². The van der Waals surface area contributed by atoms with Crippen LogP contribution in [0.25, 0.3) is 0 Å². The highest BCUT2D eigenvalue weighted by Crippen LogP contribution is 2.49. The first-order valence-corrected chi connectivity index (χ1v) is 15.8. The number of aliphatic hydroxyl groups is 1. The van der Waals surface area contributed by atoms with Crippen molar-refractivity contribution in [3.05, 3.63) is 128 Å². The van der Waals surface area contributed by atoms with E-state index in [0.29, 0.717) is 11.5 Å². The van der Waals surface area contributed by atoms with Crippen molar-refractivity contribution in [3.8, 4) is 11.5 Å². The lowest BCUT2D eigenvalue weighted by molar-refractivity contribution is -0.174. The summed E-state index contributed by atoms with van der Waals surface area (Å²) in [6.45, 7) is 5.04. The largest absolute Gasteiger partial charge is 0.497 e. The van der Waals surface area contributed by atoms with Gasteiger partial charge in [-0.3, -0.25) is 14.3 Å². The maximum Gasteiger partial charge on any atom is 0.330 e. The van der Waals surface area contributed by atoms with Gasteiger partial charge in [0.15, 0.2) is 6.23 Å². The monoisotopic (exact) mass is 656 g/mol. The molecule has 48 heavy (non-hydrogen) atoms. The minimum atomic E-state index is -1.45. The molecule has 0 unspecified atom stereocenters. The Morgan fingerprint density at radius 3 is 2.08 bits per heavy atom. The molecule has 3 N–H and O–H groups in total. The van der Waals surface area contributed by atoms with Gasteiger partial charge >= 0.3 is 11.7 Å². The summed E-state index contributed by atoms with van der Waals surface area (Å²) in [5.74, 6) is 1.33. The highest BCUT2D eigenvalue weighted by Gasteiger charge is 2.66. The fourth-order valence-corrected chi connectivity index (χ4v) is 6.70. The molecule has 12 heteroatoms. The number of fused-ring (bicyclic) bond motifs is 2. The van der Waals surface area contributed by atoms with E-state index in [1.807, 2.05) is 92.7 Å². The first-order chi connectivity index (χ1) is 23.0. The van der Waals surface area contributed by atoms with Gasteiger partial charge in [-0.15, -0.1) is 0 Å². The minimum absolute atomic E-state index is 0.0128. The van der Waals surface area contributed by atoms with Crippen LogP contribution in [0.3, 0.4) is 0 Å². The van der Waals surface area contributed by atoms with E-state index in [4.69, 9.17) is 18.9 Å². The lowest BCUT2D eigenvalue weighted by Gasteiger charge is -2.41. The molecule has 4 atom stereocenters. The van der Waals surface area contributed by atoms with Crippen molar-refractivity contribution < 1.29 is 28.8 Å². The number of morpholine rings is 1. The molecule has 2 aliphatic rings. The Morgan fingerprint density at radius 1 is 0.979 bits per heavy atom. The fourth-order valence-electron chi connectivity index (χ4n) is 6.70. The zero-order valence-corrected chi connectivity index (χ0v) is 27.5. The molecule has 2 aliphatic heterocycles. The van der Waals surface area contributed by atoms with Gasteiger partial charge in [0.25, 0.3) is 5.56 Å². The number of amides is 2. The Hall–Kier alpha value is -4.91. The third-order valence-electron chi connectivity index (χ3n) is 9.11. The van der Waals surface area contributed by atoms with Crippen LogP contribution in [0.15, 0.2) is 94.6 Å². The third-order valence-corrected chi connectivity index (χ3v) is 9.11. The minimum Gasteiger partial charge on any atom is -0.497 e. The van der Waals surface area contributed by atoms with Crippen LogP contribution in [0.2, 0.25) is 0 Å². The van der Waals surface area contributed by atoms with Gasteiger partial charge in [-0.25, -0.2) is 9.59 Å². The summed E-state index contributed by atoms with van der Waals surface area (Å²) in [6.07, 6.45) is -0.971. The van der Waals surface area contributed by atoms with Crippen molar-refractivity contribution in [3.63, 3.8) is 0 Å². The van der Waals surface area contributed by atoms with Gasteiger partial charge in [-0.05, 0) is 61.7 Å². The fraction of sp³-hybridized carbons (Fsp3) is 0.361. The summed E-state index contributed by atoms with van der Waals surface area (Å²) < 4.78 is 25.8. The number of ether oxygens (including phenoxy) is 4. The lowest BCUT2D eigenvalue weighted by atomic mass is 9.79. The molecule has 0 saturated carbocycles. The Morgan fingerprint density at radius 2 is 1.54 bits per heavy atom. The second-order valence-electron chi connectivity index (χ2n) is 12.5. The molecule has 12 nitrogen and oxygen atoms in total. The van der Waals surface area contributed by atoms with Crippen LogP contribution < -0.4 is 26.0 Å². The van der Waals surface area contributed by atoms with Crippen molar-refractivity contribution in [2.24, 2.45) is 0 Å². The molecule has 3 aromatic carbocycles. The summed E-state index contributed by atoms with van der Waals surface area (Å²) in [7, 11) is 3.20. The van der Waals surface area contributed by atoms with Gasteiger partial charge in [-0.2, -0.15) is 0 Å².